The summed E-state index contributed by atoms with van der Waals surface area (Å²) in [6.45, 7) is 0.353. The first-order valence-corrected chi connectivity index (χ1v) is 8.86. The van der Waals surface area contributed by atoms with Crippen LogP contribution in [0.5, 0.6) is 0 Å². The summed E-state index contributed by atoms with van der Waals surface area (Å²) in [5.41, 5.74) is 16.5. The van der Waals surface area contributed by atoms with Crippen LogP contribution in [0.3, 0.4) is 0 Å². The van der Waals surface area contributed by atoms with Gasteiger partial charge in [-0.2, -0.15) is 5.10 Å². The van der Waals surface area contributed by atoms with Crippen molar-refractivity contribution in [2.45, 2.75) is 6.54 Å². The Morgan fingerprint density at radius 3 is 2.57 bits per heavy atom. The van der Waals surface area contributed by atoms with Gasteiger partial charge in [-0.05, 0) is 29.3 Å². The lowest BCUT2D eigenvalue weighted by Gasteiger charge is -2.10. The van der Waals surface area contributed by atoms with Crippen LogP contribution in [0.25, 0.3) is 16.8 Å². The van der Waals surface area contributed by atoms with E-state index in [0.29, 0.717) is 17.7 Å². The second-order valence-corrected chi connectivity index (χ2v) is 6.34. The van der Waals surface area contributed by atoms with Crippen LogP contribution in [0.1, 0.15) is 21.5 Å². The molecule has 28 heavy (non-hydrogen) atoms. The van der Waals surface area contributed by atoms with Gasteiger partial charge in [0.25, 0.3) is 0 Å². The summed E-state index contributed by atoms with van der Waals surface area (Å²) in [4.78, 5) is 17.2. The van der Waals surface area contributed by atoms with E-state index in [1.54, 1.807) is 23.1 Å². The largest absolute Gasteiger partial charge is 0.383 e. The van der Waals surface area contributed by atoms with Crippen LogP contribution in [0.4, 0.5) is 5.82 Å². The van der Waals surface area contributed by atoms with Crippen molar-refractivity contribution >= 4 is 11.6 Å². The van der Waals surface area contributed by atoms with E-state index in [9.17, 15) is 4.79 Å². The summed E-state index contributed by atoms with van der Waals surface area (Å²) in [6.07, 6.45) is 4.98. The zero-order chi connectivity index (χ0) is 19.5. The molecule has 4 rings (SSSR count). The monoisotopic (exact) mass is 369 g/mol. The average Bonchev–Trinajstić information content (AvgIpc) is 3.15. The van der Waals surface area contributed by atoms with E-state index < -0.39 is 0 Å². The molecule has 6 heteroatoms. The Hall–Kier alpha value is -3.77. The number of aromatic nitrogens is 3. The van der Waals surface area contributed by atoms with Crippen molar-refractivity contribution < 1.29 is 4.79 Å². The predicted molar refractivity (Wildman–Crippen MR) is 109 cm³/mol. The Labute approximate surface area is 162 Å². The van der Waals surface area contributed by atoms with Crippen molar-refractivity contribution in [1.29, 1.82) is 0 Å². The molecule has 0 amide bonds. The Kier molecular flexibility index (Phi) is 4.70. The molecule has 0 saturated heterocycles. The molecule has 0 radical (unpaired) electrons. The van der Waals surface area contributed by atoms with Gasteiger partial charge < -0.3 is 11.5 Å². The van der Waals surface area contributed by atoms with Crippen LogP contribution < -0.4 is 11.5 Å². The van der Waals surface area contributed by atoms with Gasteiger partial charge in [-0.15, -0.1) is 0 Å². The fourth-order valence-corrected chi connectivity index (χ4v) is 3.14. The van der Waals surface area contributed by atoms with Gasteiger partial charge in [0, 0.05) is 30.1 Å². The van der Waals surface area contributed by atoms with E-state index in [1.165, 1.54) is 6.20 Å². The molecule has 0 unspecified atom stereocenters. The Bertz CT molecular complexity index is 1130. The van der Waals surface area contributed by atoms with E-state index in [4.69, 9.17) is 11.5 Å². The maximum atomic E-state index is 13.1. The van der Waals surface area contributed by atoms with Crippen LogP contribution in [0, 0.1) is 0 Å². The summed E-state index contributed by atoms with van der Waals surface area (Å²) >= 11 is 0. The molecule has 0 aliphatic heterocycles. The molecule has 6 nitrogen and oxygen atoms in total. The zero-order valence-electron chi connectivity index (χ0n) is 15.1. The fourth-order valence-electron chi connectivity index (χ4n) is 3.14. The number of pyridine rings is 1. The van der Waals surface area contributed by atoms with Crippen LogP contribution in [-0.4, -0.2) is 20.5 Å². The van der Waals surface area contributed by atoms with Gasteiger partial charge in [0.05, 0.1) is 17.4 Å². The standard InChI is InChI=1S/C22H19N5O/c23-12-17-5-1-2-9-20(17)27-22(24)19(14-26-27)21(28)16-7-3-6-15(11-16)18-8-4-10-25-13-18/h1-11,13-14H,12,23-24H2. The van der Waals surface area contributed by atoms with Crippen molar-refractivity contribution in [1.82, 2.24) is 14.8 Å². The maximum Gasteiger partial charge on any atom is 0.198 e. The van der Waals surface area contributed by atoms with Gasteiger partial charge in [0.2, 0.25) is 0 Å². The molecule has 4 aromatic rings. The topological polar surface area (TPSA) is 99.8 Å². The van der Waals surface area contributed by atoms with Crippen LogP contribution >= 0.6 is 0 Å². The minimum atomic E-state index is -0.181. The van der Waals surface area contributed by atoms with Crippen LogP contribution in [0.15, 0.2) is 79.3 Å². The highest BCUT2D eigenvalue weighted by Gasteiger charge is 2.19. The van der Waals surface area contributed by atoms with Gasteiger partial charge >= 0.3 is 0 Å². The van der Waals surface area contributed by atoms with Crippen molar-refractivity contribution in [3.05, 3.63) is 95.9 Å². The number of ketones is 1. The molecule has 0 saturated carbocycles. The number of anilines is 1. The molecule has 2 aromatic carbocycles. The Morgan fingerprint density at radius 2 is 1.79 bits per heavy atom. The molecular formula is C22H19N5O. The number of nitrogens with zero attached hydrogens (tertiary/aromatic N) is 3. The number of rotatable bonds is 5. The second kappa shape index (κ2) is 7.46. The summed E-state index contributed by atoms with van der Waals surface area (Å²) in [7, 11) is 0. The molecule has 0 aliphatic carbocycles. The predicted octanol–water partition coefficient (Wildman–Crippen LogP) is 3.21. The fraction of sp³-hybridized carbons (Fsp3) is 0.0455. The van der Waals surface area contributed by atoms with E-state index in [-0.39, 0.29) is 11.6 Å². The summed E-state index contributed by atoms with van der Waals surface area (Å²) in [5, 5.41) is 4.33. The van der Waals surface area contributed by atoms with Gasteiger partial charge in [-0.1, -0.05) is 42.5 Å². The normalized spacial score (nSPS) is 10.8. The van der Waals surface area contributed by atoms with Crippen molar-refractivity contribution in [3.8, 4) is 16.8 Å². The molecule has 0 spiro atoms. The third kappa shape index (κ3) is 3.17. The highest BCUT2D eigenvalue weighted by molar-refractivity contribution is 6.12. The zero-order valence-corrected chi connectivity index (χ0v) is 15.1. The maximum absolute atomic E-state index is 13.1. The molecule has 0 fully saturated rings. The van der Waals surface area contributed by atoms with Crippen molar-refractivity contribution in [2.24, 2.45) is 5.73 Å². The van der Waals surface area contributed by atoms with E-state index in [0.717, 1.165) is 22.4 Å². The highest BCUT2D eigenvalue weighted by Crippen LogP contribution is 2.25. The Morgan fingerprint density at radius 1 is 0.964 bits per heavy atom. The molecule has 4 N–H and O–H groups in total. The molecule has 2 aromatic heterocycles. The van der Waals surface area contributed by atoms with Crippen LogP contribution in [0.2, 0.25) is 0 Å². The van der Waals surface area contributed by atoms with E-state index in [1.807, 2.05) is 54.6 Å². The smallest absolute Gasteiger partial charge is 0.198 e. The third-order valence-electron chi connectivity index (χ3n) is 4.61. The first kappa shape index (κ1) is 17.6. The first-order valence-electron chi connectivity index (χ1n) is 8.86. The number of para-hydroxylation sites is 1. The van der Waals surface area contributed by atoms with E-state index in [2.05, 4.69) is 10.1 Å². The number of carbonyl (C=O) groups is 1. The van der Waals surface area contributed by atoms with Gasteiger partial charge in [0.15, 0.2) is 5.78 Å². The first-order chi connectivity index (χ1) is 13.7. The van der Waals surface area contributed by atoms with Gasteiger partial charge in [0.1, 0.15) is 5.82 Å². The number of nitrogen functional groups attached to an aromatic ring is 1. The lowest BCUT2D eigenvalue weighted by atomic mass is 10.00. The summed E-state index contributed by atoms with van der Waals surface area (Å²) in [5.74, 6) is 0.109. The lowest BCUT2D eigenvalue weighted by molar-refractivity contribution is 0.103. The molecular weight excluding hydrogens is 350 g/mol. The van der Waals surface area contributed by atoms with Gasteiger partial charge in [-0.25, -0.2) is 4.68 Å². The van der Waals surface area contributed by atoms with E-state index >= 15 is 0 Å². The average molecular weight is 369 g/mol. The molecule has 0 atom stereocenters. The molecule has 0 bridgehead atoms. The second-order valence-electron chi connectivity index (χ2n) is 6.34. The number of hydrogen-bond acceptors (Lipinski definition) is 5. The minimum Gasteiger partial charge on any atom is -0.383 e. The van der Waals surface area contributed by atoms with Gasteiger partial charge in [-0.3, -0.25) is 9.78 Å². The van der Waals surface area contributed by atoms with Crippen molar-refractivity contribution in [2.75, 3.05) is 5.73 Å². The number of benzene rings is 2. The molecule has 138 valence electrons. The quantitative estimate of drug-likeness (QED) is 0.526. The SMILES string of the molecule is NCc1ccccc1-n1ncc(C(=O)c2cccc(-c3cccnc3)c2)c1N. The summed E-state index contributed by atoms with van der Waals surface area (Å²) < 4.78 is 1.56. The highest BCUT2D eigenvalue weighted by atomic mass is 16.1. The Balaban J connectivity index is 1.71. The third-order valence-corrected chi connectivity index (χ3v) is 4.61. The number of nitrogens with two attached hydrogens (primary N) is 2. The van der Waals surface area contributed by atoms with Crippen molar-refractivity contribution in [3.63, 3.8) is 0 Å². The lowest BCUT2D eigenvalue weighted by Crippen LogP contribution is -2.10. The minimum absolute atomic E-state index is 0.181. The molecule has 2 heterocycles. The number of hydrogen-bond donors (Lipinski definition) is 2. The molecule has 0 aliphatic rings. The summed E-state index contributed by atoms with van der Waals surface area (Å²) in [6, 6.07) is 18.8. The van der Waals surface area contributed by atoms with Crippen LogP contribution in [-0.2, 0) is 6.54 Å². The number of carbonyl (C=O) groups excluding carboxylic acids is 1.